The molecule has 0 radical (unpaired) electrons. The molecule has 1 heterocycles. The molecule has 2 unspecified atom stereocenters. The highest BCUT2D eigenvalue weighted by Crippen LogP contribution is 2.20. The van der Waals surface area contributed by atoms with Crippen LogP contribution in [0.25, 0.3) is 0 Å². The van der Waals surface area contributed by atoms with Crippen LogP contribution in [0.15, 0.2) is 0 Å². The molecule has 0 aliphatic carbocycles. The third-order valence-electron chi connectivity index (χ3n) is 3.75. The van der Waals surface area contributed by atoms with Gasteiger partial charge >= 0.3 is 12.1 Å². The molecule has 0 saturated carbocycles. The van der Waals surface area contributed by atoms with Crippen LogP contribution in [0.1, 0.15) is 53.4 Å². The number of carbonyl (C=O) groups is 2. The smallest absolute Gasteiger partial charge is 0.410 e. The van der Waals surface area contributed by atoms with Crippen LogP contribution in [-0.4, -0.2) is 54.8 Å². The molecule has 6 nitrogen and oxygen atoms in total. The van der Waals surface area contributed by atoms with E-state index in [2.05, 4.69) is 5.32 Å². The van der Waals surface area contributed by atoms with Crippen LogP contribution >= 0.6 is 0 Å². The first-order chi connectivity index (χ1) is 10.3. The van der Waals surface area contributed by atoms with E-state index in [1.54, 1.807) is 4.90 Å². The van der Waals surface area contributed by atoms with Gasteiger partial charge in [-0.15, -0.1) is 0 Å². The Kier molecular flexibility index (Phi) is 7.13. The normalized spacial score (nSPS) is 20.4. The van der Waals surface area contributed by atoms with Crippen LogP contribution in [0.2, 0.25) is 0 Å². The Morgan fingerprint density at radius 1 is 1.32 bits per heavy atom. The summed E-state index contributed by atoms with van der Waals surface area (Å²) in [7, 11) is 1.39. The third-order valence-corrected chi connectivity index (χ3v) is 3.75. The molecule has 0 aromatic heterocycles. The Hall–Kier alpha value is -1.30. The molecule has 1 rings (SSSR count). The number of nitrogens with one attached hydrogen (secondary N) is 1. The number of likely N-dealkylation sites (tertiary alicyclic amines) is 1. The van der Waals surface area contributed by atoms with Crippen LogP contribution in [0, 0.1) is 0 Å². The molecule has 1 N–H and O–H groups in total. The zero-order chi connectivity index (χ0) is 16.8. The number of ether oxygens (including phenoxy) is 2. The highest BCUT2D eigenvalue weighted by atomic mass is 16.6. The summed E-state index contributed by atoms with van der Waals surface area (Å²) in [6.07, 6.45) is 3.38. The van der Waals surface area contributed by atoms with Crippen molar-refractivity contribution < 1.29 is 19.1 Å². The predicted molar refractivity (Wildman–Crippen MR) is 84.7 cm³/mol. The fourth-order valence-corrected chi connectivity index (χ4v) is 2.59. The van der Waals surface area contributed by atoms with Crippen molar-refractivity contribution in [3.63, 3.8) is 0 Å². The summed E-state index contributed by atoms with van der Waals surface area (Å²) in [6.45, 7) is 8.82. The molecule has 6 heteroatoms. The van der Waals surface area contributed by atoms with Gasteiger partial charge in [-0.3, -0.25) is 4.79 Å². The zero-order valence-corrected chi connectivity index (χ0v) is 14.5. The number of methoxy groups -OCH3 is 1. The first-order valence-electron chi connectivity index (χ1n) is 8.09. The lowest BCUT2D eigenvalue weighted by molar-refractivity contribution is -0.143. The third kappa shape index (κ3) is 5.83. The van der Waals surface area contributed by atoms with Gasteiger partial charge in [0, 0.05) is 19.1 Å². The molecule has 1 saturated heterocycles. The molecule has 22 heavy (non-hydrogen) atoms. The average Bonchev–Trinajstić information content (AvgIpc) is 2.46. The number of esters is 1. The average molecular weight is 314 g/mol. The minimum atomic E-state index is -0.496. The van der Waals surface area contributed by atoms with E-state index < -0.39 is 5.60 Å². The standard InChI is InChI=1S/C16H30N2O4/c1-6-13(14(19)21-5)17-11-12-9-7-8-10-18(12)15(20)22-16(2,3)4/h12-13,17H,6-11H2,1-5H3. The lowest BCUT2D eigenvalue weighted by atomic mass is 10.0. The summed E-state index contributed by atoms with van der Waals surface area (Å²) in [5, 5.41) is 3.21. The maximum absolute atomic E-state index is 12.3. The molecule has 0 bridgehead atoms. The lowest BCUT2D eigenvalue weighted by Gasteiger charge is -2.37. The molecule has 1 aliphatic rings. The Labute approximate surface area is 133 Å². The van der Waals surface area contributed by atoms with Crippen molar-refractivity contribution in [2.24, 2.45) is 0 Å². The maximum atomic E-state index is 12.3. The molecule has 1 fully saturated rings. The lowest BCUT2D eigenvalue weighted by Crippen LogP contribution is -2.52. The Balaban J connectivity index is 2.61. The van der Waals surface area contributed by atoms with Crippen molar-refractivity contribution in [2.45, 2.75) is 71.1 Å². The number of hydrogen-bond donors (Lipinski definition) is 1. The number of piperidine rings is 1. The SMILES string of the molecule is CCC(NCC1CCCCN1C(=O)OC(C)(C)C)C(=O)OC. The molecule has 2 atom stereocenters. The molecule has 128 valence electrons. The molecule has 0 aromatic rings. The van der Waals surface area contributed by atoms with Crippen molar-refractivity contribution in [1.29, 1.82) is 0 Å². The fraction of sp³-hybridized carbons (Fsp3) is 0.875. The van der Waals surface area contributed by atoms with Gasteiger partial charge in [-0.25, -0.2) is 4.79 Å². The molecule has 0 aromatic carbocycles. The van der Waals surface area contributed by atoms with E-state index in [4.69, 9.17) is 9.47 Å². The van der Waals surface area contributed by atoms with Gasteiger partial charge in [-0.1, -0.05) is 6.92 Å². The van der Waals surface area contributed by atoms with E-state index in [0.717, 1.165) is 19.3 Å². The number of carbonyl (C=O) groups excluding carboxylic acids is 2. The molecule has 1 amide bonds. The summed E-state index contributed by atoms with van der Waals surface area (Å²) in [4.78, 5) is 25.7. The minimum Gasteiger partial charge on any atom is -0.468 e. The fourth-order valence-electron chi connectivity index (χ4n) is 2.59. The number of amides is 1. The second-order valence-corrected chi connectivity index (χ2v) is 6.72. The summed E-state index contributed by atoms with van der Waals surface area (Å²) in [5.74, 6) is -0.262. The van der Waals surface area contributed by atoms with Gasteiger partial charge in [0.15, 0.2) is 0 Å². The van der Waals surface area contributed by atoms with Crippen molar-refractivity contribution in [1.82, 2.24) is 10.2 Å². The zero-order valence-electron chi connectivity index (χ0n) is 14.5. The molecular weight excluding hydrogens is 284 g/mol. The summed E-state index contributed by atoms with van der Waals surface area (Å²) in [5.41, 5.74) is -0.496. The van der Waals surface area contributed by atoms with E-state index in [-0.39, 0.29) is 24.1 Å². The monoisotopic (exact) mass is 314 g/mol. The van der Waals surface area contributed by atoms with Crippen molar-refractivity contribution in [3.8, 4) is 0 Å². The highest BCUT2D eigenvalue weighted by Gasteiger charge is 2.31. The van der Waals surface area contributed by atoms with Crippen LogP contribution in [0.3, 0.4) is 0 Å². The Morgan fingerprint density at radius 3 is 2.55 bits per heavy atom. The first-order valence-corrected chi connectivity index (χ1v) is 8.09. The minimum absolute atomic E-state index is 0.0577. The van der Waals surface area contributed by atoms with Crippen LogP contribution in [-0.2, 0) is 14.3 Å². The summed E-state index contributed by atoms with van der Waals surface area (Å²) in [6, 6.07) is -0.269. The maximum Gasteiger partial charge on any atom is 0.410 e. The Bertz CT molecular complexity index is 379. The molecule has 1 aliphatic heterocycles. The van der Waals surface area contributed by atoms with E-state index in [0.29, 0.717) is 19.5 Å². The van der Waals surface area contributed by atoms with E-state index in [1.165, 1.54) is 7.11 Å². The van der Waals surface area contributed by atoms with Gasteiger partial charge in [0.1, 0.15) is 11.6 Å². The van der Waals surface area contributed by atoms with E-state index in [9.17, 15) is 9.59 Å². The first kappa shape index (κ1) is 18.7. The molecular formula is C16H30N2O4. The van der Waals surface area contributed by atoms with Gasteiger partial charge in [-0.05, 0) is 46.5 Å². The van der Waals surface area contributed by atoms with E-state index >= 15 is 0 Å². The summed E-state index contributed by atoms with van der Waals surface area (Å²) < 4.78 is 10.3. The van der Waals surface area contributed by atoms with Crippen molar-refractivity contribution in [2.75, 3.05) is 20.2 Å². The largest absolute Gasteiger partial charge is 0.468 e. The van der Waals surface area contributed by atoms with Gasteiger partial charge in [0.25, 0.3) is 0 Å². The number of hydrogen-bond acceptors (Lipinski definition) is 5. The van der Waals surface area contributed by atoms with Crippen LogP contribution in [0.5, 0.6) is 0 Å². The van der Waals surface area contributed by atoms with Gasteiger partial charge in [0.2, 0.25) is 0 Å². The topological polar surface area (TPSA) is 67.9 Å². The van der Waals surface area contributed by atoms with Gasteiger partial charge < -0.3 is 19.7 Å². The Morgan fingerprint density at radius 2 is 2.00 bits per heavy atom. The number of rotatable bonds is 5. The highest BCUT2D eigenvalue weighted by molar-refractivity contribution is 5.75. The quantitative estimate of drug-likeness (QED) is 0.789. The second kappa shape index (κ2) is 8.36. The number of nitrogens with zero attached hydrogens (tertiary/aromatic N) is 1. The van der Waals surface area contributed by atoms with Gasteiger partial charge in [0.05, 0.1) is 7.11 Å². The predicted octanol–water partition coefficient (Wildman–Crippen LogP) is 2.32. The second-order valence-electron chi connectivity index (χ2n) is 6.72. The van der Waals surface area contributed by atoms with Gasteiger partial charge in [-0.2, -0.15) is 0 Å². The summed E-state index contributed by atoms with van der Waals surface area (Å²) >= 11 is 0. The van der Waals surface area contributed by atoms with Crippen molar-refractivity contribution >= 4 is 12.1 Å². The van der Waals surface area contributed by atoms with E-state index in [1.807, 2.05) is 27.7 Å². The van der Waals surface area contributed by atoms with Crippen LogP contribution in [0.4, 0.5) is 4.79 Å². The molecule has 0 spiro atoms. The van der Waals surface area contributed by atoms with Crippen molar-refractivity contribution in [3.05, 3.63) is 0 Å². The van der Waals surface area contributed by atoms with Crippen LogP contribution < -0.4 is 5.32 Å².